The number of anilines is 1. The van der Waals surface area contributed by atoms with E-state index in [0.717, 1.165) is 16.8 Å². The molecule has 1 unspecified atom stereocenters. The number of nitrogens with zero attached hydrogens (tertiary/aromatic N) is 2. The Balaban J connectivity index is 2.22. The molecule has 5 nitrogen and oxygen atoms in total. The number of hydrogen-bond acceptors (Lipinski definition) is 3. The van der Waals surface area contributed by atoms with E-state index >= 15 is 0 Å². The minimum Gasteiger partial charge on any atom is -0.315 e. The summed E-state index contributed by atoms with van der Waals surface area (Å²) in [6, 6.07) is 5.78. The van der Waals surface area contributed by atoms with Crippen LogP contribution in [-0.2, 0) is 16.0 Å². The van der Waals surface area contributed by atoms with Gasteiger partial charge in [0.2, 0.25) is 11.8 Å². The third kappa shape index (κ3) is 2.61. The van der Waals surface area contributed by atoms with Crippen molar-refractivity contribution in [1.29, 1.82) is 0 Å². The lowest BCUT2D eigenvalue weighted by molar-refractivity contribution is -0.126. The van der Waals surface area contributed by atoms with E-state index in [1.54, 1.807) is 31.1 Å². The average molecular weight is 261 g/mol. The van der Waals surface area contributed by atoms with Gasteiger partial charge < -0.3 is 4.90 Å². The minimum absolute atomic E-state index is 0.0531. The molecule has 1 aliphatic rings. The molecule has 1 aromatic rings. The zero-order valence-corrected chi connectivity index (χ0v) is 11.7. The van der Waals surface area contributed by atoms with E-state index in [1.165, 1.54) is 0 Å². The van der Waals surface area contributed by atoms with Gasteiger partial charge in [0.25, 0.3) is 0 Å². The van der Waals surface area contributed by atoms with Crippen LogP contribution in [0.3, 0.4) is 0 Å². The number of amides is 2. The van der Waals surface area contributed by atoms with Crippen LogP contribution in [0.25, 0.3) is 0 Å². The molecule has 19 heavy (non-hydrogen) atoms. The first-order chi connectivity index (χ1) is 8.90. The molecule has 0 fully saturated rings. The minimum atomic E-state index is -0.242. The Morgan fingerprint density at radius 2 is 2.11 bits per heavy atom. The monoisotopic (exact) mass is 261 g/mol. The fourth-order valence-electron chi connectivity index (χ4n) is 2.23. The molecule has 1 aliphatic heterocycles. The van der Waals surface area contributed by atoms with Crippen LogP contribution in [0.15, 0.2) is 18.2 Å². The van der Waals surface area contributed by atoms with Crippen LogP contribution in [0.2, 0.25) is 0 Å². The van der Waals surface area contributed by atoms with Gasteiger partial charge in [-0.3, -0.25) is 15.0 Å². The molecule has 0 saturated carbocycles. The molecule has 0 bridgehead atoms. The van der Waals surface area contributed by atoms with Gasteiger partial charge in [0, 0.05) is 26.8 Å². The molecular formula is C14H19N3O2. The molecule has 0 saturated heterocycles. The van der Waals surface area contributed by atoms with Crippen molar-refractivity contribution >= 4 is 17.5 Å². The molecule has 102 valence electrons. The van der Waals surface area contributed by atoms with Crippen molar-refractivity contribution < 1.29 is 9.59 Å². The first-order valence-corrected chi connectivity index (χ1v) is 6.27. The Kier molecular flexibility index (Phi) is 3.57. The van der Waals surface area contributed by atoms with E-state index in [1.807, 2.05) is 25.1 Å². The second-order valence-corrected chi connectivity index (χ2v) is 5.11. The van der Waals surface area contributed by atoms with Gasteiger partial charge in [-0.05, 0) is 24.1 Å². The Hall–Kier alpha value is -1.88. The molecule has 0 aliphatic carbocycles. The van der Waals surface area contributed by atoms with Gasteiger partial charge in [-0.15, -0.1) is 0 Å². The fourth-order valence-corrected chi connectivity index (χ4v) is 2.23. The van der Waals surface area contributed by atoms with Crippen molar-refractivity contribution in [3.05, 3.63) is 29.3 Å². The predicted molar refractivity (Wildman–Crippen MR) is 73.8 cm³/mol. The van der Waals surface area contributed by atoms with Crippen molar-refractivity contribution in [2.24, 2.45) is 0 Å². The largest absolute Gasteiger partial charge is 0.315 e. The number of hydrazine groups is 1. The highest BCUT2D eigenvalue weighted by atomic mass is 16.2. The lowest BCUT2D eigenvalue weighted by Crippen LogP contribution is -2.38. The molecule has 2 amide bonds. The van der Waals surface area contributed by atoms with E-state index < -0.39 is 0 Å². The Bertz CT molecular complexity index is 525. The Morgan fingerprint density at radius 3 is 2.74 bits per heavy atom. The highest BCUT2D eigenvalue weighted by molar-refractivity contribution is 6.01. The van der Waals surface area contributed by atoms with E-state index in [0.29, 0.717) is 6.42 Å². The normalized spacial score (nSPS) is 15.6. The number of carbonyl (C=O) groups is 2. The highest BCUT2D eigenvalue weighted by Crippen LogP contribution is 2.30. The molecule has 0 radical (unpaired) electrons. The van der Waals surface area contributed by atoms with E-state index in [4.69, 9.17) is 0 Å². The van der Waals surface area contributed by atoms with Gasteiger partial charge in [-0.1, -0.05) is 12.1 Å². The molecule has 5 heteroatoms. The molecule has 2 rings (SSSR count). The number of carbonyl (C=O) groups excluding carboxylic acids is 2. The van der Waals surface area contributed by atoms with E-state index in [9.17, 15) is 9.59 Å². The lowest BCUT2D eigenvalue weighted by atomic mass is 9.97. The average Bonchev–Trinajstić information content (AvgIpc) is 2.63. The van der Waals surface area contributed by atoms with Crippen molar-refractivity contribution in [1.82, 2.24) is 10.4 Å². The second kappa shape index (κ2) is 5.01. The maximum absolute atomic E-state index is 12.0. The van der Waals surface area contributed by atoms with Crippen LogP contribution < -0.4 is 10.3 Å². The zero-order chi connectivity index (χ0) is 14.2. The van der Waals surface area contributed by atoms with Crippen LogP contribution in [-0.4, -0.2) is 38.0 Å². The topological polar surface area (TPSA) is 52.7 Å². The third-order valence-corrected chi connectivity index (χ3v) is 3.41. The summed E-state index contributed by atoms with van der Waals surface area (Å²) in [6.45, 7) is 1.86. The molecule has 0 aromatic heterocycles. The molecular weight excluding hydrogens is 242 g/mol. The number of rotatable bonds is 3. The van der Waals surface area contributed by atoms with Gasteiger partial charge >= 0.3 is 0 Å². The maximum atomic E-state index is 12.0. The van der Waals surface area contributed by atoms with Crippen LogP contribution in [0.5, 0.6) is 0 Å². The summed E-state index contributed by atoms with van der Waals surface area (Å²) in [6.07, 6.45) is 0.418. The van der Waals surface area contributed by atoms with Gasteiger partial charge in [-0.25, -0.2) is 5.01 Å². The first-order valence-electron chi connectivity index (χ1n) is 6.27. The summed E-state index contributed by atoms with van der Waals surface area (Å²) >= 11 is 0. The van der Waals surface area contributed by atoms with Gasteiger partial charge in [-0.2, -0.15) is 0 Å². The number of hydrogen-bond donors (Lipinski definition) is 1. The summed E-state index contributed by atoms with van der Waals surface area (Å²) in [5, 5.41) is 1.63. The predicted octanol–water partition coefficient (Wildman–Crippen LogP) is 0.902. The summed E-state index contributed by atoms with van der Waals surface area (Å²) in [4.78, 5) is 25.2. The van der Waals surface area contributed by atoms with Crippen LogP contribution in [0.4, 0.5) is 5.69 Å². The summed E-state index contributed by atoms with van der Waals surface area (Å²) < 4.78 is 0. The van der Waals surface area contributed by atoms with Gasteiger partial charge in [0.1, 0.15) is 0 Å². The highest BCUT2D eigenvalue weighted by Gasteiger charge is 2.25. The standard InChI is InChI=1S/C14H19N3O2/c1-9(14(19)15-16(2)3)10-5-6-12-11(7-10)8-13(18)17(12)4/h5-7,9H,8H2,1-4H3,(H,15,19). The van der Waals surface area contributed by atoms with Crippen molar-refractivity contribution in [3.8, 4) is 0 Å². The Morgan fingerprint density at radius 1 is 1.42 bits per heavy atom. The molecule has 1 atom stereocenters. The van der Waals surface area contributed by atoms with E-state index in [2.05, 4.69) is 5.43 Å². The second-order valence-electron chi connectivity index (χ2n) is 5.11. The number of fused-ring (bicyclic) bond motifs is 1. The summed E-state index contributed by atoms with van der Waals surface area (Å²) in [7, 11) is 5.33. The quantitative estimate of drug-likeness (QED) is 0.823. The molecule has 1 heterocycles. The van der Waals surface area contributed by atoms with Crippen molar-refractivity contribution in [3.63, 3.8) is 0 Å². The van der Waals surface area contributed by atoms with Gasteiger partial charge in [0.05, 0.1) is 12.3 Å². The fraction of sp³-hybridized carbons (Fsp3) is 0.429. The number of likely N-dealkylation sites (N-methyl/N-ethyl adjacent to an activating group) is 1. The number of benzene rings is 1. The number of nitrogens with one attached hydrogen (secondary N) is 1. The SMILES string of the molecule is CC(C(=O)NN(C)C)c1ccc2c(c1)CC(=O)N2C. The molecule has 0 spiro atoms. The van der Waals surface area contributed by atoms with Gasteiger partial charge in [0.15, 0.2) is 0 Å². The summed E-state index contributed by atoms with van der Waals surface area (Å²) in [5.74, 6) is -0.200. The third-order valence-electron chi connectivity index (χ3n) is 3.41. The smallest absolute Gasteiger partial charge is 0.241 e. The summed E-state index contributed by atoms with van der Waals surface area (Å²) in [5.41, 5.74) is 5.61. The van der Waals surface area contributed by atoms with Crippen LogP contribution in [0, 0.1) is 0 Å². The maximum Gasteiger partial charge on any atom is 0.241 e. The van der Waals surface area contributed by atoms with Crippen LogP contribution in [0.1, 0.15) is 24.0 Å². The molecule has 1 aromatic carbocycles. The Labute approximate surface area is 113 Å². The van der Waals surface area contributed by atoms with Crippen molar-refractivity contribution in [2.75, 3.05) is 26.0 Å². The zero-order valence-electron chi connectivity index (χ0n) is 11.7. The first kappa shape index (κ1) is 13.5. The van der Waals surface area contributed by atoms with E-state index in [-0.39, 0.29) is 17.7 Å². The van der Waals surface area contributed by atoms with Crippen LogP contribution >= 0.6 is 0 Å². The van der Waals surface area contributed by atoms with Crippen molar-refractivity contribution in [2.45, 2.75) is 19.3 Å². The lowest BCUT2D eigenvalue weighted by Gasteiger charge is -2.17. The molecule has 1 N–H and O–H groups in total.